The van der Waals surface area contributed by atoms with Gasteiger partial charge in [0.2, 0.25) is 0 Å². The number of hydrogen-bond acceptors (Lipinski definition) is 0. The Morgan fingerprint density at radius 1 is 0.846 bits per heavy atom. The van der Waals surface area contributed by atoms with Gasteiger partial charge < -0.3 is 19.3 Å². The molecule has 0 aromatic heterocycles. The third-order valence-corrected chi connectivity index (χ3v) is 23.3. The molecule has 0 aliphatic carbocycles. The first-order valence-electron chi connectivity index (χ1n) is 13.6. The SMILES string of the molecule is BrCCBr.CC[Si]1(CC)CCCC1CCI.C[Si](C)(C)Cl.II.[CH2-]CC1CCC[Si]1(CC)CC.[Cl-].[Li+].[Zn+][I].[Zn]. The van der Waals surface area contributed by atoms with Crippen LogP contribution in [0.25, 0.3) is 0 Å². The first-order chi connectivity index (χ1) is 17.0. The van der Waals surface area contributed by atoms with Crippen LogP contribution < -0.4 is 31.3 Å². The Bertz CT molecular complexity index is 454. The molecule has 228 valence electrons. The van der Waals surface area contributed by atoms with Crippen molar-refractivity contribution in [2.75, 3.05) is 15.1 Å². The van der Waals surface area contributed by atoms with Crippen LogP contribution in [0.4, 0.5) is 0 Å². The Hall–Kier alpha value is 6.95. The van der Waals surface area contributed by atoms with Gasteiger partial charge in [0, 0.05) is 67.4 Å². The summed E-state index contributed by atoms with van der Waals surface area (Å²) in [5, 5.41) is 2.10. The van der Waals surface area contributed by atoms with E-state index >= 15 is 0 Å². The zero-order valence-electron chi connectivity index (χ0n) is 26.4. The Morgan fingerprint density at radius 2 is 1.13 bits per heavy atom. The summed E-state index contributed by atoms with van der Waals surface area (Å²) in [6.45, 7) is 20.1. The number of hydrogen-bond donors (Lipinski definition) is 0. The molecular weight excluding hydrogens is 1260 g/mol. The van der Waals surface area contributed by atoms with E-state index in [1.165, 1.54) is 62.5 Å². The van der Waals surface area contributed by atoms with Crippen LogP contribution in [0, 0.1) is 6.92 Å². The van der Waals surface area contributed by atoms with Gasteiger partial charge in [0.25, 0.3) is 0 Å². The van der Waals surface area contributed by atoms with E-state index in [4.69, 9.17) is 11.1 Å². The molecule has 2 fully saturated rings. The number of alkyl halides is 3. The molecule has 0 radical (unpaired) electrons. The number of halogens is 8. The molecule has 2 atom stereocenters. The van der Waals surface area contributed by atoms with Crippen LogP contribution in [-0.2, 0) is 34.3 Å². The molecule has 2 aliphatic rings. The molecule has 0 spiro atoms. The summed E-state index contributed by atoms with van der Waals surface area (Å²) in [6.07, 6.45) is 8.86. The minimum absolute atomic E-state index is 0. The molecule has 14 heteroatoms. The van der Waals surface area contributed by atoms with Gasteiger partial charge in [-0.2, -0.15) is 17.5 Å². The average Bonchev–Trinajstić information content (AvgIpc) is 3.50. The molecule has 0 bridgehead atoms. The Morgan fingerprint density at radius 3 is 1.33 bits per heavy atom. The molecule has 39 heavy (non-hydrogen) atoms. The van der Waals surface area contributed by atoms with Gasteiger partial charge in [-0.05, 0) is 16.4 Å². The second kappa shape index (κ2) is 41.1. The van der Waals surface area contributed by atoms with Gasteiger partial charge in [0.05, 0.1) is 16.1 Å². The summed E-state index contributed by atoms with van der Waals surface area (Å²) in [6, 6.07) is 9.34. The van der Waals surface area contributed by atoms with Crippen molar-refractivity contribution in [2.24, 2.45) is 0 Å². The van der Waals surface area contributed by atoms with E-state index in [0.717, 1.165) is 16.2 Å². The van der Waals surface area contributed by atoms with Crippen molar-refractivity contribution in [3.63, 3.8) is 0 Å². The quantitative estimate of drug-likeness (QED) is 0.0751. The maximum atomic E-state index is 5.67. The molecule has 2 heterocycles. The van der Waals surface area contributed by atoms with Gasteiger partial charge in [0.15, 0.2) is 0 Å². The van der Waals surface area contributed by atoms with Crippen molar-refractivity contribution in [2.45, 2.75) is 133 Å². The van der Waals surface area contributed by atoms with Gasteiger partial charge >= 0.3 is 53.4 Å². The van der Waals surface area contributed by atoms with Gasteiger partial charge in [-0.25, -0.2) is 0 Å². The first-order valence-corrected chi connectivity index (χ1v) is 42.6. The fourth-order valence-corrected chi connectivity index (χ4v) is 17.5. The fourth-order valence-electron chi connectivity index (χ4n) is 5.82. The van der Waals surface area contributed by atoms with Gasteiger partial charge in [0.1, 0.15) is 7.38 Å². The second-order valence-electron chi connectivity index (χ2n) is 10.5. The zero-order valence-corrected chi connectivity index (χ0v) is 48.7. The summed E-state index contributed by atoms with van der Waals surface area (Å²) >= 11 is 22.5. The molecule has 2 saturated heterocycles. The molecule has 0 aromatic rings. The maximum absolute atomic E-state index is 5.67. The average molecular weight is 1320 g/mol. The molecule has 2 rings (SSSR count). The summed E-state index contributed by atoms with van der Waals surface area (Å²) in [7, 11) is -2.65. The van der Waals surface area contributed by atoms with Crippen LogP contribution in [0.3, 0.4) is 0 Å². The van der Waals surface area contributed by atoms with E-state index in [1.807, 2.05) is 0 Å². The fraction of sp³-hybridized carbons (Fsp3) is 0.960. The zero-order chi connectivity index (χ0) is 29.3. The molecule has 2 aliphatic heterocycles. The predicted octanol–water partition coefficient (Wildman–Crippen LogP) is 8.82. The summed E-state index contributed by atoms with van der Waals surface area (Å²) in [5.41, 5.74) is 2.25. The topological polar surface area (TPSA) is 0 Å². The molecule has 2 unspecified atom stereocenters. The summed E-state index contributed by atoms with van der Waals surface area (Å²) in [5.74, 6) is 0. The van der Waals surface area contributed by atoms with Gasteiger partial charge in [-0.15, -0.1) is 0 Å². The number of rotatable bonds is 8. The van der Waals surface area contributed by atoms with E-state index in [1.54, 1.807) is 37.0 Å². The summed E-state index contributed by atoms with van der Waals surface area (Å²) in [4.78, 5) is 0. The molecule has 0 nitrogen and oxygen atoms in total. The Labute approximate surface area is 360 Å². The van der Waals surface area contributed by atoms with Crippen molar-refractivity contribution in [1.82, 2.24) is 0 Å². The first kappa shape index (κ1) is 61.2. The van der Waals surface area contributed by atoms with E-state index in [9.17, 15) is 0 Å². The molecular formula is C25H55Br2Cl2I4LiSi3Zn2. The van der Waals surface area contributed by atoms with E-state index in [0.29, 0.717) is 0 Å². The van der Waals surface area contributed by atoms with Crippen LogP contribution in [0.15, 0.2) is 0 Å². The normalized spacial score (nSPS) is 19.4. The Kier molecular flexibility index (Phi) is 64.5. The molecule has 0 saturated carbocycles. The van der Waals surface area contributed by atoms with Gasteiger partial charge in [-0.1, -0.05) is 169 Å². The van der Waals surface area contributed by atoms with Crippen molar-refractivity contribution >= 4 is 146 Å². The standard InChI is InChI=1S/C10H21ISi.C10H21Si.C3H9ClSi.C2H4Br2.ClH.I2.HI.Li.2Zn/c1-3-12(4-2)9-5-6-10(12)7-8-11;1-4-10-8-7-9-11(10,5-2)6-3;1-5(2,3)4;3-1-2-4;;1-2;;;;/h10H,3-9H2,1-2H3;10H,1,4-9H2,2-3H3;1-3H3;1-2H2;1H;;1H;;;/q;-1;;;;;;+1;;+2/p-2. The van der Waals surface area contributed by atoms with Crippen LogP contribution >= 0.6 is 123 Å². The van der Waals surface area contributed by atoms with Crippen LogP contribution in [0.5, 0.6) is 0 Å². The Balaban J connectivity index is -0.0000000701. The van der Waals surface area contributed by atoms with Gasteiger partial charge in [-0.3, -0.25) is 0 Å². The van der Waals surface area contributed by atoms with Crippen molar-refractivity contribution in [3.8, 4) is 0 Å². The molecule has 0 aromatic carbocycles. The summed E-state index contributed by atoms with van der Waals surface area (Å²) < 4.78 is 1.39. The smallest absolute Gasteiger partial charge is 0 e. The van der Waals surface area contributed by atoms with E-state index in [-0.39, 0.29) is 50.7 Å². The third-order valence-electron chi connectivity index (χ3n) is 7.88. The van der Waals surface area contributed by atoms with Crippen LogP contribution in [0.1, 0.15) is 66.2 Å². The molecule has 0 N–H and O–H groups in total. The van der Waals surface area contributed by atoms with Crippen LogP contribution in [-0.4, -0.2) is 38.6 Å². The van der Waals surface area contributed by atoms with Crippen LogP contribution in [0.2, 0.25) is 67.0 Å². The minimum Gasteiger partial charge on any atom is 0 e. The predicted molar refractivity (Wildman–Crippen MR) is 221 cm³/mol. The van der Waals surface area contributed by atoms with Crippen molar-refractivity contribution in [3.05, 3.63) is 6.92 Å². The maximum Gasteiger partial charge on any atom is 0 e. The molecule has 0 amide bonds. The third kappa shape index (κ3) is 31.9. The largest absolute Gasteiger partial charge is 0 e. The van der Waals surface area contributed by atoms with E-state index < -0.39 is 23.5 Å². The second-order valence-corrected chi connectivity index (χ2v) is 31.6. The van der Waals surface area contributed by atoms with Crippen molar-refractivity contribution < 1.29 is 65.5 Å². The monoisotopic (exact) mass is 1310 g/mol. The minimum atomic E-state index is -1.14. The van der Waals surface area contributed by atoms with E-state index in [2.05, 4.69) is 166 Å². The van der Waals surface area contributed by atoms with Crippen molar-refractivity contribution in [1.29, 1.82) is 0 Å².